The number of nitrogens with zero attached hydrogens (tertiary/aromatic N) is 5. The van der Waals surface area contributed by atoms with Crippen molar-refractivity contribution in [3.63, 3.8) is 0 Å². The molecule has 1 aliphatic heterocycles. The molecule has 1 saturated heterocycles. The fraction of sp³-hybridized carbons (Fsp3) is 0.464. The number of benzene rings is 1. The van der Waals surface area contributed by atoms with Gasteiger partial charge in [-0.3, -0.25) is 0 Å². The highest BCUT2D eigenvalue weighted by molar-refractivity contribution is 7.99. The van der Waals surface area contributed by atoms with E-state index < -0.39 is 0 Å². The molecule has 2 fully saturated rings. The van der Waals surface area contributed by atoms with Crippen molar-refractivity contribution >= 4 is 52.5 Å². The molecule has 3 heterocycles. The SMILES string of the molecule is C[C@@H]1CCCN(c2cc(Sc3ncccn3)nc(NC(=S)NCC3(c4ccc(Cl)cc4)CCCCC3)n2)C1. The van der Waals surface area contributed by atoms with Gasteiger partial charge < -0.3 is 15.5 Å². The molecule has 5 rings (SSSR count). The zero-order valence-electron chi connectivity index (χ0n) is 21.7. The largest absolute Gasteiger partial charge is 0.361 e. The number of piperidine rings is 1. The van der Waals surface area contributed by atoms with E-state index in [1.54, 1.807) is 12.4 Å². The van der Waals surface area contributed by atoms with E-state index in [0.29, 0.717) is 22.1 Å². The molecule has 1 saturated carbocycles. The first kappa shape index (κ1) is 27.1. The smallest absolute Gasteiger partial charge is 0.232 e. The number of thiocarbonyl (C=S) groups is 1. The number of hydrogen-bond donors (Lipinski definition) is 2. The van der Waals surface area contributed by atoms with Gasteiger partial charge in [0, 0.05) is 48.5 Å². The number of nitrogens with one attached hydrogen (secondary N) is 2. The van der Waals surface area contributed by atoms with Crippen molar-refractivity contribution in [1.29, 1.82) is 0 Å². The summed E-state index contributed by atoms with van der Waals surface area (Å²) in [4.78, 5) is 20.7. The predicted molar refractivity (Wildman–Crippen MR) is 159 cm³/mol. The summed E-state index contributed by atoms with van der Waals surface area (Å²) >= 11 is 13.4. The molecule has 0 unspecified atom stereocenters. The van der Waals surface area contributed by atoms with Crippen LogP contribution in [0.3, 0.4) is 0 Å². The van der Waals surface area contributed by atoms with Gasteiger partial charge in [0.25, 0.3) is 0 Å². The van der Waals surface area contributed by atoms with E-state index in [9.17, 15) is 0 Å². The summed E-state index contributed by atoms with van der Waals surface area (Å²) in [6.07, 6.45) is 11.8. The van der Waals surface area contributed by atoms with Gasteiger partial charge in [0.1, 0.15) is 10.8 Å². The summed E-state index contributed by atoms with van der Waals surface area (Å²) in [6, 6.07) is 12.1. The molecule has 0 bridgehead atoms. The van der Waals surface area contributed by atoms with E-state index in [1.165, 1.54) is 43.0 Å². The topological polar surface area (TPSA) is 78.9 Å². The predicted octanol–water partition coefficient (Wildman–Crippen LogP) is 6.50. The average Bonchev–Trinajstić information content (AvgIpc) is 2.93. The molecule has 3 aromatic rings. The summed E-state index contributed by atoms with van der Waals surface area (Å²) < 4.78 is 0. The lowest BCUT2D eigenvalue weighted by Crippen LogP contribution is -2.43. The van der Waals surface area contributed by atoms with Crippen molar-refractivity contribution in [2.45, 2.75) is 67.5 Å². The average molecular weight is 568 g/mol. The van der Waals surface area contributed by atoms with Crippen molar-refractivity contribution in [1.82, 2.24) is 25.3 Å². The molecule has 1 aromatic carbocycles. The Labute approximate surface area is 239 Å². The first-order valence-corrected chi connectivity index (χ1v) is 15.0. The van der Waals surface area contributed by atoms with E-state index >= 15 is 0 Å². The van der Waals surface area contributed by atoms with Crippen LogP contribution in [0.5, 0.6) is 0 Å². The highest BCUT2D eigenvalue weighted by Gasteiger charge is 2.34. The Hall–Kier alpha value is -2.49. The van der Waals surface area contributed by atoms with Gasteiger partial charge in [0.2, 0.25) is 5.95 Å². The normalized spacial score (nSPS) is 19.1. The van der Waals surface area contributed by atoms with Gasteiger partial charge in [-0.2, -0.15) is 4.98 Å². The third-order valence-electron chi connectivity index (χ3n) is 7.49. The lowest BCUT2D eigenvalue weighted by Gasteiger charge is -2.38. The molecule has 1 atom stereocenters. The molecule has 2 aliphatic rings. The summed E-state index contributed by atoms with van der Waals surface area (Å²) in [5.74, 6) is 2.02. The molecular formula is C28H34ClN7S2. The van der Waals surface area contributed by atoms with Crippen molar-refractivity contribution in [2.75, 3.05) is 29.9 Å². The minimum atomic E-state index is 0.0346. The monoisotopic (exact) mass is 567 g/mol. The Morgan fingerprint density at radius 1 is 1.11 bits per heavy atom. The fourth-order valence-corrected chi connectivity index (χ4v) is 6.51. The van der Waals surface area contributed by atoms with Gasteiger partial charge in [0.15, 0.2) is 10.3 Å². The van der Waals surface area contributed by atoms with E-state index in [0.717, 1.165) is 54.8 Å². The molecule has 2 aromatic heterocycles. The van der Waals surface area contributed by atoms with Crippen LogP contribution in [0.4, 0.5) is 11.8 Å². The summed E-state index contributed by atoms with van der Waals surface area (Å²) in [5.41, 5.74) is 1.35. The Bertz CT molecular complexity index is 1220. The first-order chi connectivity index (χ1) is 18.5. The highest BCUT2D eigenvalue weighted by Crippen LogP contribution is 2.39. The second-order valence-electron chi connectivity index (χ2n) is 10.4. The summed E-state index contributed by atoms with van der Waals surface area (Å²) in [7, 11) is 0. The maximum absolute atomic E-state index is 6.18. The van der Waals surface area contributed by atoms with Crippen LogP contribution in [0, 0.1) is 5.92 Å². The molecule has 7 nitrogen and oxygen atoms in total. The molecule has 200 valence electrons. The van der Waals surface area contributed by atoms with Crippen LogP contribution in [0.25, 0.3) is 0 Å². The van der Waals surface area contributed by atoms with Crippen molar-refractivity contribution in [3.8, 4) is 0 Å². The molecule has 10 heteroatoms. The maximum Gasteiger partial charge on any atom is 0.232 e. The van der Waals surface area contributed by atoms with Gasteiger partial charge in [-0.05, 0) is 79.3 Å². The Morgan fingerprint density at radius 3 is 2.61 bits per heavy atom. The lowest BCUT2D eigenvalue weighted by atomic mass is 9.69. The number of aromatic nitrogens is 4. The molecule has 38 heavy (non-hydrogen) atoms. The fourth-order valence-electron chi connectivity index (χ4n) is 5.51. The van der Waals surface area contributed by atoms with Crippen LogP contribution in [-0.2, 0) is 5.41 Å². The number of rotatable bonds is 7. The third-order valence-corrected chi connectivity index (χ3v) is 8.80. The Balaban J connectivity index is 1.33. The minimum absolute atomic E-state index is 0.0346. The minimum Gasteiger partial charge on any atom is -0.361 e. The summed E-state index contributed by atoms with van der Waals surface area (Å²) in [6.45, 7) is 5.01. The number of hydrogen-bond acceptors (Lipinski definition) is 7. The van der Waals surface area contributed by atoms with Crippen LogP contribution in [0.2, 0.25) is 5.02 Å². The molecule has 1 aliphatic carbocycles. The van der Waals surface area contributed by atoms with E-state index in [2.05, 4.69) is 44.6 Å². The molecule has 0 amide bonds. The van der Waals surface area contributed by atoms with Crippen LogP contribution < -0.4 is 15.5 Å². The molecule has 2 N–H and O–H groups in total. The van der Waals surface area contributed by atoms with Gasteiger partial charge >= 0.3 is 0 Å². The van der Waals surface area contributed by atoms with Crippen LogP contribution in [-0.4, -0.2) is 44.7 Å². The van der Waals surface area contributed by atoms with Crippen LogP contribution >= 0.6 is 35.6 Å². The molecular weight excluding hydrogens is 534 g/mol. The molecule has 0 spiro atoms. The van der Waals surface area contributed by atoms with Crippen molar-refractivity contribution in [2.24, 2.45) is 5.92 Å². The van der Waals surface area contributed by atoms with E-state index in [4.69, 9.17) is 33.8 Å². The highest BCUT2D eigenvalue weighted by atomic mass is 35.5. The maximum atomic E-state index is 6.18. The van der Waals surface area contributed by atoms with Crippen LogP contribution in [0.1, 0.15) is 57.4 Å². The Kier molecular flexibility index (Phi) is 8.97. The van der Waals surface area contributed by atoms with Crippen molar-refractivity contribution < 1.29 is 0 Å². The second-order valence-corrected chi connectivity index (χ2v) is 12.2. The first-order valence-electron chi connectivity index (χ1n) is 13.4. The zero-order chi connectivity index (χ0) is 26.4. The van der Waals surface area contributed by atoms with Gasteiger partial charge in [-0.15, -0.1) is 0 Å². The standard InChI is InChI=1S/C28H34ClN7S2/c1-20-7-5-16-36(18-20)23-17-24(38-27-30-14-6-15-31-27)34-25(33-23)35-26(37)32-19-28(12-3-2-4-13-28)21-8-10-22(29)11-9-21/h6,8-11,14-15,17,20H,2-5,7,12-13,16,18-19H2,1H3,(H2,32,33,34,35,37)/t20-/m1/s1. The second kappa shape index (κ2) is 12.6. The van der Waals surface area contributed by atoms with Crippen LogP contribution in [0.15, 0.2) is 59.0 Å². The van der Waals surface area contributed by atoms with Crippen molar-refractivity contribution in [3.05, 3.63) is 59.4 Å². The number of halogens is 1. The Morgan fingerprint density at radius 2 is 1.87 bits per heavy atom. The van der Waals surface area contributed by atoms with Gasteiger partial charge in [-0.25, -0.2) is 15.0 Å². The number of anilines is 2. The quantitative estimate of drug-likeness (QED) is 0.189. The molecule has 0 radical (unpaired) electrons. The van der Waals surface area contributed by atoms with Gasteiger partial charge in [0.05, 0.1) is 0 Å². The van der Waals surface area contributed by atoms with E-state index in [-0.39, 0.29) is 5.41 Å². The lowest BCUT2D eigenvalue weighted by molar-refractivity contribution is 0.292. The van der Waals surface area contributed by atoms with E-state index in [1.807, 2.05) is 24.3 Å². The zero-order valence-corrected chi connectivity index (χ0v) is 24.1. The summed E-state index contributed by atoms with van der Waals surface area (Å²) in [5, 5.41) is 9.49. The third kappa shape index (κ3) is 6.93. The van der Waals surface area contributed by atoms with Gasteiger partial charge in [-0.1, -0.05) is 49.9 Å².